The SMILES string of the molecule is Cc1ccc(COc2ccc(/C=C3/C(=O)NN(c4ccccc4)C3=O)cc2Br)cc1. The number of hydrazine groups is 1. The summed E-state index contributed by atoms with van der Waals surface area (Å²) in [7, 11) is 0. The minimum atomic E-state index is -0.431. The summed E-state index contributed by atoms with van der Waals surface area (Å²) in [6, 6.07) is 22.6. The zero-order valence-electron chi connectivity index (χ0n) is 16.3. The Hall–Kier alpha value is -3.38. The van der Waals surface area contributed by atoms with Crippen molar-refractivity contribution in [3.8, 4) is 5.75 Å². The summed E-state index contributed by atoms with van der Waals surface area (Å²) in [5.74, 6) is -0.132. The molecule has 0 saturated carbocycles. The fourth-order valence-electron chi connectivity index (χ4n) is 3.05. The van der Waals surface area contributed by atoms with Crippen molar-refractivity contribution in [1.29, 1.82) is 0 Å². The molecule has 1 N–H and O–H groups in total. The third-order valence-corrected chi connectivity index (χ3v) is 5.31. The minimum absolute atomic E-state index is 0.0825. The lowest BCUT2D eigenvalue weighted by atomic mass is 10.1. The molecule has 1 aliphatic rings. The van der Waals surface area contributed by atoms with E-state index in [1.165, 1.54) is 10.6 Å². The number of carbonyl (C=O) groups excluding carboxylic acids is 2. The molecule has 0 radical (unpaired) electrons. The minimum Gasteiger partial charge on any atom is -0.488 e. The number of anilines is 1. The van der Waals surface area contributed by atoms with Crippen molar-refractivity contribution in [3.05, 3.63) is 99.5 Å². The largest absolute Gasteiger partial charge is 0.488 e. The molecule has 0 aromatic heterocycles. The van der Waals surface area contributed by atoms with Crippen LogP contribution in [-0.4, -0.2) is 11.8 Å². The molecule has 0 unspecified atom stereocenters. The zero-order valence-corrected chi connectivity index (χ0v) is 17.8. The normalized spacial score (nSPS) is 14.9. The lowest BCUT2D eigenvalue weighted by molar-refractivity contribution is -0.117. The molecule has 6 heteroatoms. The third kappa shape index (κ3) is 4.28. The molecule has 0 aliphatic carbocycles. The molecule has 5 nitrogen and oxygen atoms in total. The Kier molecular flexibility index (Phi) is 5.68. The maximum Gasteiger partial charge on any atom is 0.282 e. The number of amides is 2. The van der Waals surface area contributed by atoms with Crippen LogP contribution in [0.3, 0.4) is 0 Å². The smallest absolute Gasteiger partial charge is 0.282 e. The number of nitrogens with zero attached hydrogens (tertiary/aromatic N) is 1. The number of rotatable bonds is 5. The van der Waals surface area contributed by atoms with Gasteiger partial charge >= 0.3 is 0 Å². The van der Waals surface area contributed by atoms with Gasteiger partial charge in [0.05, 0.1) is 10.2 Å². The molecule has 0 bridgehead atoms. The molecule has 2 amide bonds. The van der Waals surface area contributed by atoms with Crippen LogP contribution in [0, 0.1) is 6.92 Å². The van der Waals surface area contributed by atoms with E-state index in [1.807, 2.05) is 67.6 Å². The number of benzene rings is 3. The summed E-state index contributed by atoms with van der Waals surface area (Å²) in [4.78, 5) is 25.0. The summed E-state index contributed by atoms with van der Waals surface area (Å²) >= 11 is 3.51. The maximum atomic E-state index is 12.7. The number of nitrogens with one attached hydrogen (secondary N) is 1. The standard InChI is InChI=1S/C24H19BrN2O3/c1-16-7-9-17(10-8-16)15-30-22-12-11-18(14-21(22)25)13-20-23(28)26-27(24(20)29)19-5-3-2-4-6-19/h2-14H,15H2,1H3,(H,26,28)/b20-13-. The van der Waals surface area contributed by atoms with Crippen molar-refractivity contribution in [3.63, 3.8) is 0 Å². The van der Waals surface area contributed by atoms with Crippen LogP contribution in [0.4, 0.5) is 5.69 Å². The van der Waals surface area contributed by atoms with Gasteiger partial charge in [-0.3, -0.25) is 15.0 Å². The molecule has 1 heterocycles. The van der Waals surface area contributed by atoms with Crippen molar-refractivity contribution in [2.45, 2.75) is 13.5 Å². The number of carbonyl (C=O) groups is 2. The van der Waals surface area contributed by atoms with E-state index >= 15 is 0 Å². The average Bonchev–Trinajstić information content (AvgIpc) is 3.03. The summed E-state index contributed by atoms with van der Waals surface area (Å²) in [5, 5.41) is 1.25. The first-order valence-corrected chi connectivity index (χ1v) is 10.2. The van der Waals surface area contributed by atoms with Gasteiger partial charge in [0.2, 0.25) is 0 Å². The molecule has 1 saturated heterocycles. The van der Waals surface area contributed by atoms with Crippen molar-refractivity contribution in [1.82, 2.24) is 5.43 Å². The van der Waals surface area contributed by atoms with E-state index in [2.05, 4.69) is 21.4 Å². The number of hydrogen-bond donors (Lipinski definition) is 1. The van der Waals surface area contributed by atoms with E-state index in [0.717, 1.165) is 15.6 Å². The van der Waals surface area contributed by atoms with Gasteiger partial charge in [-0.15, -0.1) is 0 Å². The monoisotopic (exact) mass is 462 g/mol. The summed E-state index contributed by atoms with van der Waals surface area (Å²) < 4.78 is 6.63. The Bertz CT molecular complexity index is 1120. The fraction of sp³-hybridized carbons (Fsp3) is 0.0833. The third-order valence-electron chi connectivity index (χ3n) is 4.69. The van der Waals surface area contributed by atoms with Gasteiger partial charge in [0.15, 0.2) is 0 Å². The van der Waals surface area contributed by atoms with Crippen molar-refractivity contribution in [2.24, 2.45) is 0 Å². The van der Waals surface area contributed by atoms with Crippen molar-refractivity contribution < 1.29 is 14.3 Å². The number of aryl methyl sites for hydroxylation is 1. The van der Waals surface area contributed by atoms with Gasteiger partial charge < -0.3 is 4.74 Å². The topological polar surface area (TPSA) is 58.6 Å². The second kappa shape index (κ2) is 8.55. The molecule has 3 aromatic carbocycles. The Labute approximate surface area is 183 Å². The van der Waals surface area contributed by atoms with Crippen LogP contribution in [-0.2, 0) is 16.2 Å². The van der Waals surface area contributed by atoms with Crippen molar-refractivity contribution >= 4 is 39.5 Å². The van der Waals surface area contributed by atoms with Crippen LogP contribution in [0.5, 0.6) is 5.75 Å². The van der Waals surface area contributed by atoms with Gasteiger partial charge in [0.1, 0.15) is 17.9 Å². The van der Waals surface area contributed by atoms with Crippen LogP contribution in [0.2, 0.25) is 0 Å². The molecule has 150 valence electrons. The zero-order chi connectivity index (χ0) is 21.1. The lowest BCUT2D eigenvalue weighted by Gasteiger charge is -2.13. The van der Waals surface area contributed by atoms with E-state index in [9.17, 15) is 9.59 Å². The molecule has 0 atom stereocenters. The Balaban J connectivity index is 1.50. The van der Waals surface area contributed by atoms with Crippen LogP contribution < -0.4 is 15.2 Å². The fourth-order valence-corrected chi connectivity index (χ4v) is 3.56. The van der Waals surface area contributed by atoms with E-state index in [0.29, 0.717) is 18.0 Å². The summed E-state index contributed by atoms with van der Waals surface area (Å²) in [5.41, 5.74) is 6.29. The van der Waals surface area contributed by atoms with E-state index in [-0.39, 0.29) is 11.5 Å². The number of hydrogen-bond acceptors (Lipinski definition) is 3. The first kappa shape index (κ1) is 19.9. The Morgan fingerprint density at radius 3 is 2.43 bits per heavy atom. The molecule has 1 aliphatic heterocycles. The van der Waals surface area contributed by atoms with Gasteiger partial charge in [0.25, 0.3) is 11.8 Å². The van der Waals surface area contributed by atoms with Crippen LogP contribution in [0.1, 0.15) is 16.7 Å². The lowest BCUT2D eigenvalue weighted by Crippen LogP contribution is -2.35. The predicted molar refractivity (Wildman–Crippen MR) is 120 cm³/mol. The highest BCUT2D eigenvalue weighted by Gasteiger charge is 2.34. The van der Waals surface area contributed by atoms with Crippen LogP contribution >= 0.6 is 15.9 Å². The van der Waals surface area contributed by atoms with E-state index in [4.69, 9.17) is 4.74 Å². The molecule has 1 fully saturated rings. The van der Waals surface area contributed by atoms with Gasteiger partial charge in [-0.25, -0.2) is 5.01 Å². The second-order valence-electron chi connectivity index (χ2n) is 6.94. The molecule has 4 rings (SSSR count). The first-order valence-electron chi connectivity index (χ1n) is 9.41. The highest BCUT2D eigenvalue weighted by Crippen LogP contribution is 2.29. The molecule has 3 aromatic rings. The highest BCUT2D eigenvalue weighted by atomic mass is 79.9. The second-order valence-corrected chi connectivity index (χ2v) is 7.79. The van der Waals surface area contributed by atoms with Crippen molar-refractivity contribution in [2.75, 3.05) is 5.01 Å². The van der Waals surface area contributed by atoms with Crippen LogP contribution in [0.25, 0.3) is 6.08 Å². The Morgan fingerprint density at radius 1 is 1.00 bits per heavy atom. The summed E-state index contributed by atoms with van der Waals surface area (Å²) in [6.45, 7) is 2.50. The maximum absolute atomic E-state index is 12.7. The highest BCUT2D eigenvalue weighted by molar-refractivity contribution is 9.10. The number of ether oxygens (including phenoxy) is 1. The molecule has 0 spiro atoms. The number of halogens is 1. The van der Waals surface area contributed by atoms with Gasteiger partial charge in [0, 0.05) is 0 Å². The van der Waals surface area contributed by atoms with Gasteiger partial charge in [-0.1, -0.05) is 54.1 Å². The average molecular weight is 463 g/mol. The summed E-state index contributed by atoms with van der Waals surface area (Å²) in [6.07, 6.45) is 1.58. The number of para-hydroxylation sites is 1. The van der Waals surface area contributed by atoms with E-state index in [1.54, 1.807) is 18.2 Å². The quantitative estimate of drug-likeness (QED) is 0.437. The van der Waals surface area contributed by atoms with Gasteiger partial charge in [-0.2, -0.15) is 0 Å². The van der Waals surface area contributed by atoms with Gasteiger partial charge in [-0.05, 0) is 64.3 Å². The van der Waals surface area contributed by atoms with E-state index < -0.39 is 5.91 Å². The first-order chi connectivity index (χ1) is 14.5. The molecular weight excluding hydrogens is 444 g/mol. The van der Waals surface area contributed by atoms with Crippen LogP contribution in [0.15, 0.2) is 82.8 Å². The molecule has 30 heavy (non-hydrogen) atoms. The predicted octanol–water partition coefficient (Wildman–Crippen LogP) is 4.80. The molecular formula is C24H19BrN2O3. The Morgan fingerprint density at radius 2 is 1.73 bits per heavy atom.